The first-order valence-corrected chi connectivity index (χ1v) is 10.4. The molecule has 1 heterocycles. The molecule has 0 aliphatic carbocycles. The number of ether oxygens (including phenoxy) is 1. The van der Waals surface area contributed by atoms with Crippen LogP contribution in [0.1, 0.15) is 18.1 Å². The Morgan fingerprint density at radius 3 is 2.36 bits per heavy atom. The number of benzene rings is 3. The molecule has 3 nitrogen and oxygen atoms in total. The van der Waals surface area contributed by atoms with E-state index in [0.717, 1.165) is 59.8 Å². The fourth-order valence-corrected chi connectivity index (χ4v) is 4.04. The Labute approximate surface area is 172 Å². The van der Waals surface area contributed by atoms with Gasteiger partial charge in [0.1, 0.15) is 12.4 Å². The van der Waals surface area contributed by atoms with Gasteiger partial charge in [-0.1, -0.05) is 54.9 Å². The van der Waals surface area contributed by atoms with Gasteiger partial charge in [0.25, 0.3) is 0 Å². The number of fused-ring (bicyclic) bond motifs is 1. The van der Waals surface area contributed by atoms with Gasteiger partial charge in [-0.05, 0) is 42.8 Å². The van der Waals surface area contributed by atoms with Crippen LogP contribution in [-0.4, -0.2) is 37.6 Å². The Balaban J connectivity index is 1.43. The Bertz CT molecular complexity index is 947. The van der Waals surface area contributed by atoms with Crippen LogP contribution in [0.3, 0.4) is 0 Å². The molecule has 0 radical (unpaired) electrons. The van der Waals surface area contributed by atoms with E-state index < -0.39 is 0 Å². The molecular formula is C24H27ClN2O. The molecule has 1 fully saturated rings. The van der Waals surface area contributed by atoms with E-state index in [1.807, 2.05) is 31.2 Å². The van der Waals surface area contributed by atoms with Gasteiger partial charge in [0, 0.05) is 42.6 Å². The quantitative estimate of drug-likeness (QED) is 0.566. The first kappa shape index (κ1) is 19.1. The predicted octanol–water partition coefficient (Wildman–Crippen LogP) is 5.52. The summed E-state index contributed by atoms with van der Waals surface area (Å²) in [6.07, 6.45) is 0. The lowest BCUT2D eigenvalue weighted by Gasteiger charge is -2.35. The number of aryl methyl sites for hydroxylation is 1. The molecule has 4 heteroatoms. The maximum atomic E-state index is 6.46. The zero-order valence-electron chi connectivity index (χ0n) is 16.6. The summed E-state index contributed by atoms with van der Waals surface area (Å²) in [6.45, 7) is 10.4. The topological polar surface area (TPSA) is 15.7 Å². The molecule has 0 spiro atoms. The van der Waals surface area contributed by atoms with E-state index in [2.05, 4.69) is 47.1 Å². The summed E-state index contributed by atoms with van der Waals surface area (Å²) in [4.78, 5) is 4.96. The molecule has 3 aromatic carbocycles. The second-order valence-electron chi connectivity index (χ2n) is 7.42. The van der Waals surface area contributed by atoms with Crippen LogP contribution >= 0.6 is 11.6 Å². The lowest BCUT2D eigenvalue weighted by Crippen LogP contribution is -2.46. The van der Waals surface area contributed by atoms with E-state index in [1.165, 1.54) is 11.3 Å². The molecule has 28 heavy (non-hydrogen) atoms. The maximum absolute atomic E-state index is 6.46. The Kier molecular flexibility index (Phi) is 5.74. The van der Waals surface area contributed by atoms with E-state index in [-0.39, 0.29) is 0 Å². The van der Waals surface area contributed by atoms with Gasteiger partial charge < -0.3 is 14.5 Å². The number of rotatable bonds is 5. The molecule has 1 aliphatic rings. The van der Waals surface area contributed by atoms with E-state index in [9.17, 15) is 0 Å². The average molecular weight is 395 g/mol. The number of anilines is 1. The standard InChI is InChI=1S/C24H27ClN2O/c1-3-26-13-15-27(16-14-26)20-10-8-19(9-11-20)17-28-23-6-4-5-22-21(23)12-7-18(2)24(22)25/h4-12H,3,13-17H2,1-2H3. The summed E-state index contributed by atoms with van der Waals surface area (Å²) in [5, 5.41) is 2.90. The second kappa shape index (κ2) is 8.42. The SMILES string of the molecule is CCN1CCN(c2ccc(COc3cccc4c(Cl)c(C)ccc34)cc2)CC1. The lowest BCUT2D eigenvalue weighted by molar-refractivity contribution is 0.271. The van der Waals surface area contributed by atoms with Crippen molar-refractivity contribution in [3.8, 4) is 5.75 Å². The third-order valence-corrected chi connectivity index (χ3v) is 6.17. The van der Waals surface area contributed by atoms with Crippen LogP contribution in [0.4, 0.5) is 5.69 Å². The highest BCUT2D eigenvalue weighted by molar-refractivity contribution is 6.36. The van der Waals surface area contributed by atoms with Gasteiger partial charge >= 0.3 is 0 Å². The monoisotopic (exact) mass is 394 g/mol. The fraction of sp³-hybridized carbons (Fsp3) is 0.333. The summed E-state index contributed by atoms with van der Waals surface area (Å²) in [5.74, 6) is 0.874. The van der Waals surface area contributed by atoms with E-state index in [4.69, 9.17) is 16.3 Å². The molecule has 3 aromatic rings. The highest BCUT2D eigenvalue weighted by Crippen LogP contribution is 2.33. The molecule has 1 saturated heterocycles. The molecule has 0 aromatic heterocycles. The predicted molar refractivity (Wildman–Crippen MR) is 119 cm³/mol. The summed E-state index contributed by atoms with van der Waals surface area (Å²) in [5.41, 5.74) is 3.56. The largest absolute Gasteiger partial charge is 0.488 e. The molecule has 0 N–H and O–H groups in total. The number of halogens is 1. The third kappa shape index (κ3) is 3.96. The average Bonchev–Trinajstić information content (AvgIpc) is 2.75. The molecule has 1 aliphatic heterocycles. The lowest BCUT2D eigenvalue weighted by atomic mass is 10.1. The summed E-state index contributed by atoms with van der Waals surface area (Å²) < 4.78 is 6.14. The van der Waals surface area contributed by atoms with Crippen molar-refractivity contribution in [1.29, 1.82) is 0 Å². The van der Waals surface area contributed by atoms with Gasteiger partial charge in [0.05, 0.1) is 5.02 Å². The number of piperazine rings is 1. The van der Waals surface area contributed by atoms with Gasteiger partial charge in [-0.25, -0.2) is 0 Å². The van der Waals surface area contributed by atoms with Crippen LogP contribution in [0, 0.1) is 6.92 Å². The van der Waals surface area contributed by atoms with Crippen LogP contribution in [0.2, 0.25) is 5.02 Å². The molecule has 4 rings (SSSR count). The number of nitrogens with zero attached hydrogens (tertiary/aromatic N) is 2. The maximum Gasteiger partial charge on any atom is 0.127 e. The zero-order valence-corrected chi connectivity index (χ0v) is 17.4. The number of hydrogen-bond donors (Lipinski definition) is 0. The van der Waals surface area contributed by atoms with Gasteiger partial charge in [-0.15, -0.1) is 0 Å². The highest BCUT2D eigenvalue weighted by atomic mass is 35.5. The third-order valence-electron chi connectivity index (χ3n) is 5.66. The molecule has 0 amide bonds. The van der Waals surface area contributed by atoms with Crippen molar-refractivity contribution < 1.29 is 4.74 Å². The molecular weight excluding hydrogens is 368 g/mol. The van der Waals surface area contributed by atoms with E-state index in [0.29, 0.717) is 6.61 Å². The summed E-state index contributed by atoms with van der Waals surface area (Å²) >= 11 is 6.46. The van der Waals surface area contributed by atoms with Crippen LogP contribution in [0.25, 0.3) is 10.8 Å². The van der Waals surface area contributed by atoms with Crippen molar-refractivity contribution in [2.45, 2.75) is 20.5 Å². The van der Waals surface area contributed by atoms with Crippen molar-refractivity contribution in [2.24, 2.45) is 0 Å². The van der Waals surface area contributed by atoms with Crippen LogP contribution < -0.4 is 9.64 Å². The van der Waals surface area contributed by atoms with Crippen molar-refractivity contribution >= 4 is 28.1 Å². The van der Waals surface area contributed by atoms with Crippen LogP contribution in [0.15, 0.2) is 54.6 Å². The summed E-state index contributed by atoms with van der Waals surface area (Å²) in [7, 11) is 0. The minimum Gasteiger partial charge on any atom is -0.488 e. The van der Waals surface area contributed by atoms with Crippen molar-refractivity contribution in [2.75, 3.05) is 37.6 Å². The number of hydrogen-bond acceptors (Lipinski definition) is 3. The van der Waals surface area contributed by atoms with Crippen molar-refractivity contribution in [3.63, 3.8) is 0 Å². The van der Waals surface area contributed by atoms with E-state index >= 15 is 0 Å². The smallest absolute Gasteiger partial charge is 0.127 e. The van der Waals surface area contributed by atoms with Crippen LogP contribution in [0.5, 0.6) is 5.75 Å². The molecule has 146 valence electrons. The van der Waals surface area contributed by atoms with Gasteiger partial charge in [-0.2, -0.15) is 0 Å². The van der Waals surface area contributed by atoms with Crippen LogP contribution in [-0.2, 0) is 6.61 Å². The molecule has 0 unspecified atom stereocenters. The summed E-state index contributed by atoms with van der Waals surface area (Å²) in [6, 6.07) is 19.0. The van der Waals surface area contributed by atoms with Crippen molar-refractivity contribution in [3.05, 3.63) is 70.7 Å². The minimum absolute atomic E-state index is 0.550. The first-order valence-electron chi connectivity index (χ1n) is 10.0. The zero-order chi connectivity index (χ0) is 19.5. The highest BCUT2D eigenvalue weighted by Gasteiger charge is 2.15. The Hall–Kier alpha value is -2.23. The van der Waals surface area contributed by atoms with Gasteiger partial charge in [0.2, 0.25) is 0 Å². The van der Waals surface area contributed by atoms with E-state index in [1.54, 1.807) is 0 Å². The Morgan fingerprint density at radius 1 is 0.893 bits per heavy atom. The van der Waals surface area contributed by atoms with Gasteiger partial charge in [0.15, 0.2) is 0 Å². The Morgan fingerprint density at radius 2 is 1.64 bits per heavy atom. The second-order valence-corrected chi connectivity index (χ2v) is 7.80. The van der Waals surface area contributed by atoms with Gasteiger partial charge in [-0.3, -0.25) is 0 Å². The number of likely N-dealkylation sites (N-methyl/N-ethyl adjacent to an activating group) is 1. The van der Waals surface area contributed by atoms with Crippen molar-refractivity contribution in [1.82, 2.24) is 4.90 Å². The fourth-order valence-electron chi connectivity index (χ4n) is 3.81. The molecule has 0 saturated carbocycles. The first-order chi connectivity index (χ1) is 13.7. The minimum atomic E-state index is 0.550. The molecule has 0 bridgehead atoms. The normalized spacial score (nSPS) is 15.2. The molecule has 0 atom stereocenters.